The predicted molar refractivity (Wildman–Crippen MR) is 154 cm³/mol. The van der Waals surface area contributed by atoms with Crippen LogP contribution in [-0.4, -0.2) is 74.4 Å². The first-order chi connectivity index (χ1) is 19.5. The third-order valence-corrected chi connectivity index (χ3v) is 7.91. The lowest BCUT2D eigenvalue weighted by molar-refractivity contribution is -0.137. The molecule has 214 valence electrons. The molecule has 2 amide bonds. The van der Waals surface area contributed by atoms with Crippen LogP contribution in [0, 0.1) is 5.92 Å². The Morgan fingerprint density at radius 3 is 2.60 bits per heavy atom. The molecule has 2 fully saturated rings. The van der Waals surface area contributed by atoms with Crippen LogP contribution in [0.25, 0.3) is 10.9 Å². The lowest BCUT2D eigenvalue weighted by atomic mass is 9.93. The van der Waals surface area contributed by atoms with Gasteiger partial charge < -0.3 is 34.3 Å². The molecule has 1 saturated carbocycles. The normalized spacial score (nSPS) is 18.9. The Labute approximate surface area is 235 Å². The van der Waals surface area contributed by atoms with Gasteiger partial charge in [0.1, 0.15) is 0 Å². The van der Waals surface area contributed by atoms with Gasteiger partial charge in [0.05, 0.1) is 20.1 Å². The molecule has 2 unspecified atom stereocenters. The molecule has 0 bridgehead atoms. The van der Waals surface area contributed by atoms with E-state index < -0.39 is 0 Å². The van der Waals surface area contributed by atoms with Crippen LogP contribution < -0.4 is 20.1 Å². The molecule has 1 aliphatic carbocycles. The van der Waals surface area contributed by atoms with Crippen molar-refractivity contribution in [2.45, 2.75) is 50.9 Å². The van der Waals surface area contributed by atoms with Crippen molar-refractivity contribution in [2.75, 3.05) is 41.0 Å². The summed E-state index contributed by atoms with van der Waals surface area (Å²) in [6.07, 6.45) is 5.82. The van der Waals surface area contributed by atoms with E-state index in [1.165, 1.54) is 16.5 Å². The van der Waals surface area contributed by atoms with Crippen molar-refractivity contribution in [2.24, 2.45) is 5.92 Å². The van der Waals surface area contributed by atoms with Gasteiger partial charge >= 0.3 is 0 Å². The summed E-state index contributed by atoms with van der Waals surface area (Å²) in [6.45, 7) is 3.43. The highest BCUT2D eigenvalue weighted by molar-refractivity contribution is 5.95. The smallest absolute Gasteiger partial charge is 0.251 e. The topological polar surface area (TPSA) is 94.1 Å². The number of nitrogens with one attached hydrogen (secondary N) is 2. The maximum Gasteiger partial charge on any atom is 0.251 e. The quantitative estimate of drug-likeness (QED) is 0.336. The maximum atomic E-state index is 13.9. The highest BCUT2D eigenvalue weighted by Crippen LogP contribution is 2.33. The summed E-state index contributed by atoms with van der Waals surface area (Å²) in [4.78, 5) is 29.0. The van der Waals surface area contributed by atoms with E-state index in [9.17, 15) is 9.59 Å². The molecule has 2 N–H and O–H groups in total. The Morgan fingerprint density at radius 1 is 1.05 bits per heavy atom. The van der Waals surface area contributed by atoms with Crippen LogP contribution in [0.15, 0.2) is 48.7 Å². The summed E-state index contributed by atoms with van der Waals surface area (Å²) in [6, 6.07) is 13.7. The van der Waals surface area contributed by atoms with E-state index in [1.807, 2.05) is 0 Å². The molecule has 2 atom stereocenters. The van der Waals surface area contributed by atoms with Crippen LogP contribution >= 0.6 is 0 Å². The van der Waals surface area contributed by atoms with E-state index in [1.54, 1.807) is 39.5 Å². The van der Waals surface area contributed by atoms with Crippen molar-refractivity contribution < 1.29 is 23.8 Å². The third kappa shape index (κ3) is 6.26. The minimum atomic E-state index is -0.194. The molecule has 2 aromatic carbocycles. The molecule has 0 radical (unpaired) electrons. The summed E-state index contributed by atoms with van der Waals surface area (Å²) >= 11 is 0. The van der Waals surface area contributed by atoms with Gasteiger partial charge in [-0.3, -0.25) is 9.59 Å². The maximum absolute atomic E-state index is 13.9. The Morgan fingerprint density at radius 2 is 1.85 bits per heavy atom. The highest BCUT2D eigenvalue weighted by Gasteiger charge is 2.38. The van der Waals surface area contributed by atoms with Gasteiger partial charge in [-0.15, -0.1) is 0 Å². The number of carbonyl (C=O) groups is 2. The third-order valence-electron chi connectivity index (χ3n) is 7.91. The molecule has 1 aromatic heterocycles. The number of fused-ring (bicyclic) bond motifs is 1. The van der Waals surface area contributed by atoms with Crippen LogP contribution in [-0.2, 0) is 22.6 Å². The second kappa shape index (κ2) is 12.7. The number of piperidine rings is 1. The van der Waals surface area contributed by atoms with Crippen molar-refractivity contribution in [3.8, 4) is 11.5 Å². The lowest BCUT2D eigenvalue weighted by Gasteiger charge is -2.34. The molecule has 3 aromatic rings. The number of rotatable bonds is 12. The summed E-state index contributed by atoms with van der Waals surface area (Å²) in [5.74, 6) is 0.852. The van der Waals surface area contributed by atoms with Gasteiger partial charge in [-0.2, -0.15) is 0 Å². The number of para-hydroxylation sites is 1. The first-order valence-electron chi connectivity index (χ1n) is 14.1. The van der Waals surface area contributed by atoms with Crippen LogP contribution in [0.5, 0.6) is 11.5 Å². The van der Waals surface area contributed by atoms with Gasteiger partial charge in [-0.05, 0) is 55.5 Å². The van der Waals surface area contributed by atoms with Crippen molar-refractivity contribution in [3.05, 3.63) is 59.8 Å². The molecule has 2 aliphatic rings. The molecule has 1 aliphatic heterocycles. The van der Waals surface area contributed by atoms with Gasteiger partial charge in [0.2, 0.25) is 5.91 Å². The Balaban J connectivity index is 1.27. The Kier molecular flexibility index (Phi) is 8.91. The minimum absolute atomic E-state index is 0.146. The van der Waals surface area contributed by atoms with E-state index in [-0.39, 0.29) is 29.8 Å². The Hall–Kier alpha value is -3.56. The van der Waals surface area contributed by atoms with E-state index in [0.717, 1.165) is 25.8 Å². The molecule has 9 nitrogen and oxygen atoms in total. The van der Waals surface area contributed by atoms with Gasteiger partial charge in [-0.25, -0.2) is 0 Å². The first kappa shape index (κ1) is 28.0. The fraction of sp³-hybridized carbons (Fsp3) is 0.484. The fourth-order valence-corrected chi connectivity index (χ4v) is 5.69. The summed E-state index contributed by atoms with van der Waals surface area (Å²) < 4.78 is 18.2. The molecular weight excluding hydrogens is 508 g/mol. The zero-order chi connectivity index (χ0) is 28.1. The van der Waals surface area contributed by atoms with Gasteiger partial charge in [0, 0.05) is 74.6 Å². The predicted octanol–water partition coefficient (Wildman–Crippen LogP) is 3.59. The van der Waals surface area contributed by atoms with E-state index >= 15 is 0 Å². The zero-order valence-corrected chi connectivity index (χ0v) is 23.7. The van der Waals surface area contributed by atoms with Crippen LogP contribution in [0.3, 0.4) is 0 Å². The first-order valence-corrected chi connectivity index (χ1v) is 14.1. The fourth-order valence-electron chi connectivity index (χ4n) is 5.69. The van der Waals surface area contributed by atoms with E-state index in [0.29, 0.717) is 49.7 Å². The number of ether oxygens (including phenoxy) is 3. The monoisotopic (exact) mass is 548 g/mol. The molecule has 5 rings (SSSR count). The number of hydrogen-bond acceptors (Lipinski definition) is 6. The second-order valence-electron chi connectivity index (χ2n) is 10.7. The number of benzene rings is 2. The number of methoxy groups -OCH3 is 3. The van der Waals surface area contributed by atoms with Crippen molar-refractivity contribution in [1.29, 1.82) is 0 Å². The number of hydrogen-bond donors (Lipinski definition) is 2. The lowest BCUT2D eigenvalue weighted by Crippen LogP contribution is -2.53. The molecule has 9 heteroatoms. The molecule has 2 heterocycles. The minimum Gasteiger partial charge on any atom is -0.493 e. The summed E-state index contributed by atoms with van der Waals surface area (Å²) in [7, 11) is 4.84. The summed E-state index contributed by atoms with van der Waals surface area (Å²) in [5, 5.41) is 7.69. The average molecular weight is 549 g/mol. The Bertz CT molecular complexity index is 1330. The molecular formula is C31H40N4O5. The van der Waals surface area contributed by atoms with Crippen LogP contribution in [0.2, 0.25) is 0 Å². The number of nitrogens with zero attached hydrogens (tertiary/aromatic N) is 2. The molecule has 1 saturated heterocycles. The number of amides is 2. The molecule has 40 heavy (non-hydrogen) atoms. The molecule has 0 spiro atoms. The van der Waals surface area contributed by atoms with Crippen molar-refractivity contribution >= 4 is 22.7 Å². The van der Waals surface area contributed by atoms with Crippen LogP contribution in [0.4, 0.5) is 0 Å². The standard InChI is InChI=1S/C31H40N4O5/c1-38-14-6-13-34-19-23(26-7-4-5-8-27(26)34)20-35(25-10-11-25)31(37)22-15-24(18-32-17-22)33-30(36)21-9-12-28(39-2)29(16-21)40-3/h4-5,7-9,12,16,19,22,24-25,32H,6,10-11,13-15,17-18,20H2,1-3H3,(H,33,36). The van der Waals surface area contributed by atoms with Crippen molar-refractivity contribution in [3.63, 3.8) is 0 Å². The average Bonchev–Trinajstić information content (AvgIpc) is 3.77. The number of carbonyl (C=O) groups excluding carboxylic acids is 2. The van der Waals surface area contributed by atoms with Crippen molar-refractivity contribution in [1.82, 2.24) is 20.1 Å². The van der Waals surface area contributed by atoms with E-state index in [4.69, 9.17) is 14.2 Å². The zero-order valence-electron chi connectivity index (χ0n) is 23.7. The van der Waals surface area contributed by atoms with Gasteiger partial charge in [0.25, 0.3) is 5.91 Å². The van der Waals surface area contributed by atoms with Gasteiger partial charge in [0.15, 0.2) is 11.5 Å². The van der Waals surface area contributed by atoms with Gasteiger partial charge in [-0.1, -0.05) is 18.2 Å². The number of aromatic nitrogens is 1. The second-order valence-corrected chi connectivity index (χ2v) is 10.7. The summed E-state index contributed by atoms with van der Waals surface area (Å²) in [5.41, 5.74) is 2.86. The number of aryl methyl sites for hydroxylation is 1. The SMILES string of the molecule is COCCCn1cc(CN(C(=O)C2CNCC(NC(=O)c3ccc(OC)c(OC)c3)C2)C2CC2)c2ccccc21. The largest absolute Gasteiger partial charge is 0.493 e. The van der Waals surface area contributed by atoms with Crippen LogP contribution in [0.1, 0.15) is 41.6 Å². The van der Waals surface area contributed by atoms with E-state index in [2.05, 4.69) is 50.6 Å². The highest BCUT2D eigenvalue weighted by atomic mass is 16.5.